The van der Waals surface area contributed by atoms with Gasteiger partial charge in [0, 0.05) is 13.0 Å². The first-order chi connectivity index (χ1) is 8.93. The van der Waals surface area contributed by atoms with E-state index in [4.69, 9.17) is 9.84 Å². The van der Waals surface area contributed by atoms with Crippen LogP contribution in [0.25, 0.3) is 0 Å². The number of methoxy groups -OCH3 is 1. The van der Waals surface area contributed by atoms with Crippen molar-refractivity contribution >= 4 is 11.9 Å². The van der Waals surface area contributed by atoms with Gasteiger partial charge in [-0.3, -0.25) is 9.59 Å². The molecule has 0 saturated carbocycles. The number of carbonyl (C=O) groups is 2. The molecule has 5 nitrogen and oxygen atoms in total. The fourth-order valence-electron chi connectivity index (χ4n) is 1.86. The molecule has 1 atom stereocenters. The van der Waals surface area contributed by atoms with Crippen LogP contribution in [0, 0.1) is 5.92 Å². The van der Waals surface area contributed by atoms with E-state index in [0.717, 1.165) is 11.3 Å². The number of aliphatic carboxylic acids is 1. The summed E-state index contributed by atoms with van der Waals surface area (Å²) >= 11 is 0. The fourth-order valence-corrected chi connectivity index (χ4v) is 1.86. The molecule has 0 aromatic heterocycles. The van der Waals surface area contributed by atoms with E-state index in [2.05, 4.69) is 0 Å². The zero-order valence-electron chi connectivity index (χ0n) is 11.4. The Labute approximate surface area is 112 Å². The number of hydrogen-bond acceptors (Lipinski definition) is 3. The Balaban J connectivity index is 2.60. The van der Waals surface area contributed by atoms with Gasteiger partial charge in [0.05, 0.1) is 7.11 Å². The lowest BCUT2D eigenvalue weighted by atomic mass is 10.00. The molecule has 19 heavy (non-hydrogen) atoms. The van der Waals surface area contributed by atoms with Crippen LogP contribution in [0.2, 0.25) is 0 Å². The van der Waals surface area contributed by atoms with Crippen molar-refractivity contribution < 1.29 is 19.4 Å². The Kier molecular flexibility index (Phi) is 5.36. The number of carboxylic acid groups (broad SMARTS) is 1. The number of carboxylic acids is 1. The summed E-state index contributed by atoms with van der Waals surface area (Å²) in [6.07, 6.45) is 0.576. The number of rotatable bonds is 6. The molecule has 1 unspecified atom stereocenters. The molecule has 0 fully saturated rings. The molecule has 0 aliphatic heterocycles. The maximum atomic E-state index is 11.9. The third-order valence-electron chi connectivity index (χ3n) is 2.87. The maximum absolute atomic E-state index is 11.9. The average molecular weight is 265 g/mol. The highest BCUT2D eigenvalue weighted by Crippen LogP contribution is 2.15. The first-order valence-corrected chi connectivity index (χ1v) is 6.03. The number of ether oxygens (including phenoxy) is 1. The van der Waals surface area contributed by atoms with Crippen molar-refractivity contribution in [2.24, 2.45) is 5.92 Å². The van der Waals surface area contributed by atoms with Crippen LogP contribution in [-0.4, -0.2) is 42.6 Å². The fraction of sp³-hybridized carbons (Fsp3) is 0.429. The van der Waals surface area contributed by atoms with Gasteiger partial charge in [-0.25, -0.2) is 0 Å². The van der Waals surface area contributed by atoms with Gasteiger partial charge in [-0.05, 0) is 24.1 Å². The van der Waals surface area contributed by atoms with Crippen LogP contribution in [-0.2, 0) is 16.0 Å². The highest BCUT2D eigenvalue weighted by atomic mass is 16.5. The minimum absolute atomic E-state index is 0.168. The molecule has 0 bridgehead atoms. The smallest absolute Gasteiger partial charge is 0.323 e. The van der Waals surface area contributed by atoms with E-state index >= 15 is 0 Å². The highest BCUT2D eigenvalue weighted by molar-refractivity contribution is 5.82. The van der Waals surface area contributed by atoms with E-state index in [1.165, 1.54) is 11.9 Å². The predicted octanol–water partition coefficient (Wildman–Crippen LogP) is 1.42. The lowest BCUT2D eigenvalue weighted by Gasteiger charge is -2.19. The van der Waals surface area contributed by atoms with Crippen molar-refractivity contribution in [1.29, 1.82) is 0 Å². The van der Waals surface area contributed by atoms with E-state index in [1.807, 2.05) is 24.3 Å². The van der Waals surface area contributed by atoms with Gasteiger partial charge >= 0.3 is 5.97 Å². The Morgan fingerprint density at radius 1 is 1.32 bits per heavy atom. The van der Waals surface area contributed by atoms with Crippen molar-refractivity contribution in [2.75, 3.05) is 20.7 Å². The second-order valence-electron chi connectivity index (χ2n) is 4.54. The third kappa shape index (κ3) is 4.62. The van der Waals surface area contributed by atoms with Gasteiger partial charge < -0.3 is 14.7 Å². The number of likely N-dealkylation sites (N-methyl/N-ethyl adjacent to an activating group) is 1. The Morgan fingerprint density at radius 2 is 1.89 bits per heavy atom. The van der Waals surface area contributed by atoms with Crippen LogP contribution in [0.1, 0.15) is 12.5 Å². The molecular formula is C14H19NO4. The summed E-state index contributed by atoms with van der Waals surface area (Å²) in [4.78, 5) is 23.7. The van der Waals surface area contributed by atoms with Crippen molar-refractivity contribution in [1.82, 2.24) is 4.90 Å². The normalized spacial score (nSPS) is 11.7. The zero-order valence-corrected chi connectivity index (χ0v) is 11.4. The van der Waals surface area contributed by atoms with Gasteiger partial charge in [-0.15, -0.1) is 0 Å². The highest BCUT2D eigenvalue weighted by Gasteiger charge is 2.19. The molecule has 1 aromatic carbocycles. The zero-order chi connectivity index (χ0) is 14.4. The Bertz CT molecular complexity index is 441. The molecule has 0 spiro atoms. The Hall–Kier alpha value is -2.04. The molecule has 1 N–H and O–H groups in total. The van der Waals surface area contributed by atoms with Gasteiger partial charge in [-0.2, -0.15) is 0 Å². The summed E-state index contributed by atoms with van der Waals surface area (Å²) in [5.41, 5.74) is 1.02. The van der Waals surface area contributed by atoms with Crippen LogP contribution in [0.15, 0.2) is 24.3 Å². The van der Waals surface area contributed by atoms with E-state index in [1.54, 1.807) is 14.0 Å². The summed E-state index contributed by atoms with van der Waals surface area (Å²) in [6.45, 7) is 1.52. The molecule has 0 aliphatic carbocycles. The Morgan fingerprint density at radius 3 is 2.37 bits per heavy atom. The summed E-state index contributed by atoms with van der Waals surface area (Å²) in [7, 11) is 3.10. The van der Waals surface area contributed by atoms with E-state index in [-0.39, 0.29) is 18.4 Å². The van der Waals surface area contributed by atoms with Crippen molar-refractivity contribution in [3.05, 3.63) is 29.8 Å². The molecule has 0 aliphatic rings. The quantitative estimate of drug-likeness (QED) is 0.844. The first kappa shape index (κ1) is 15.0. The second kappa shape index (κ2) is 6.78. The predicted molar refractivity (Wildman–Crippen MR) is 71.1 cm³/mol. The number of benzene rings is 1. The first-order valence-electron chi connectivity index (χ1n) is 6.03. The van der Waals surface area contributed by atoms with Crippen LogP contribution in [0.5, 0.6) is 5.75 Å². The molecule has 104 valence electrons. The lowest BCUT2D eigenvalue weighted by molar-refractivity contribution is -0.144. The van der Waals surface area contributed by atoms with Crippen molar-refractivity contribution in [3.63, 3.8) is 0 Å². The SMILES string of the molecule is COc1ccc(CC(C)C(=O)N(C)CC(=O)O)cc1. The minimum Gasteiger partial charge on any atom is -0.497 e. The summed E-state index contributed by atoms with van der Waals surface area (Å²) < 4.78 is 5.06. The molecule has 0 saturated heterocycles. The largest absolute Gasteiger partial charge is 0.497 e. The van der Waals surface area contributed by atoms with Gasteiger partial charge in [0.15, 0.2) is 0 Å². The molecule has 1 rings (SSSR count). The van der Waals surface area contributed by atoms with Crippen LogP contribution in [0.4, 0.5) is 0 Å². The molecule has 0 heterocycles. The standard InChI is InChI=1S/C14H19NO4/c1-10(14(18)15(2)9-13(16)17)8-11-4-6-12(19-3)7-5-11/h4-7,10H,8-9H2,1-3H3,(H,16,17). The topological polar surface area (TPSA) is 66.8 Å². The van der Waals surface area contributed by atoms with Gasteiger partial charge in [0.1, 0.15) is 12.3 Å². The van der Waals surface area contributed by atoms with Gasteiger partial charge in [0.25, 0.3) is 0 Å². The third-order valence-corrected chi connectivity index (χ3v) is 2.87. The summed E-state index contributed by atoms with van der Waals surface area (Å²) in [5, 5.41) is 8.65. The second-order valence-corrected chi connectivity index (χ2v) is 4.54. The molecule has 5 heteroatoms. The maximum Gasteiger partial charge on any atom is 0.323 e. The van der Waals surface area contributed by atoms with E-state index in [0.29, 0.717) is 6.42 Å². The molecule has 1 aromatic rings. The van der Waals surface area contributed by atoms with Crippen LogP contribution >= 0.6 is 0 Å². The molecule has 0 radical (unpaired) electrons. The lowest BCUT2D eigenvalue weighted by Crippen LogP contribution is -2.36. The number of hydrogen-bond donors (Lipinski definition) is 1. The average Bonchev–Trinajstić information content (AvgIpc) is 2.37. The van der Waals surface area contributed by atoms with Crippen LogP contribution < -0.4 is 4.74 Å². The summed E-state index contributed by atoms with van der Waals surface area (Å²) in [5.74, 6) is -0.658. The number of amides is 1. The monoisotopic (exact) mass is 265 g/mol. The van der Waals surface area contributed by atoms with Crippen molar-refractivity contribution in [2.45, 2.75) is 13.3 Å². The van der Waals surface area contributed by atoms with Gasteiger partial charge in [0.2, 0.25) is 5.91 Å². The minimum atomic E-state index is -1.01. The van der Waals surface area contributed by atoms with Crippen molar-refractivity contribution in [3.8, 4) is 5.75 Å². The number of nitrogens with zero attached hydrogens (tertiary/aromatic N) is 1. The van der Waals surface area contributed by atoms with E-state index < -0.39 is 5.97 Å². The molecule has 1 amide bonds. The van der Waals surface area contributed by atoms with Crippen LogP contribution in [0.3, 0.4) is 0 Å². The van der Waals surface area contributed by atoms with Gasteiger partial charge in [-0.1, -0.05) is 19.1 Å². The number of carbonyl (C=O) groups excluding carboxylic acids is 1. The van der Waals surface area contributed by atoms with E-state index in [9.17, 15) is 9.59 Å². The summed E-state index contributed by atoms with van der Waals surface area (Å²) in [6, 6.07) is 7.49. The molecular weight excluding hydrogens is 246 g/mol.